The molecule has 0 saturated heterocycles. The first kappa shape index (κ1) is 49.9. The molecule has 0 atom stereocenters. The Kier molecular flexibility index (Phi) is 11.6. The minimum Gasteiger partial charge on any atom is -0.508 e. The van der Waals surface area contributed by atoms with Crippen LogP contribution in [0, 0.1) is 6.92 Å². The highest BCUT2D eigenvalue weighted by molar-refractivity contribution is 6.36. The quantitative estimate of drug-likeness (QED) is 0.109. The molecule has 2 N–H and O–H groups in total. The van der Waals surface area contributed by atoms with Gasteiger partial charge in [-0.3, -0.25) is 43.3 Å². The SMILES string of the molecule is Cc1cc(-c2ccc(O)c(N3C(=O)c4ccc(Oc5ccc6c(c5)C(=O)N(c5cccc(Oc7cccc(Oc8cccc(N9C(=O)c%10ccc(Oc%11ccc%12c(c%11)C(=O)N(C)C%12=O)cc%10C9=O)c8)c7)c5)C6=O)cc4C3=O)c2)ccc1O. The molecule has 82 heavy (non-hydrogen) atoms. The highest BCUT2D eigenvalue weighted by Crippen LogP contribution is 2.42. The minimum atomic E-state index is -0.697. The second-order valence-electron chi connectivity index (χ2n) is 19.4. The fourth-order valence-corrected chi connectivity index (χ4v) is 10.2. The number of imide groups is 4. The maximum atomic E-state index is 14.0. The fraction of sp³-hybridized carbons (Fsp3) is 0.0312. The number of nitrogens with zero attached hydrogens (tertiary/aromatic N) is 4. The summed E-state index contributed by atoms with van der Waals surface area (Å²) in [5.74, 6) is -2.72. The van der Waals surface area contributed by atoms with Gasteiger partial charge < -0.3 is 29.2 Å². The number of phenolic OH excluding ortho intramolecular Hbond substituents is 2. The van der Waals surface area contributed by atoms with Crippen molar-refractivity contribution in [1.29, 1.82) is 0 Å². The normalized spacial score (nSPS) is 14.2. The third-order valence-corrected chi connectivity index (χ3v) is 14.3. The molecule has 0 aromatic heterocycles. The highest BCUT2D eigenvalue weighted by Gasteiger charge is 2.41. The molecule has 13 rings (SSSR count). The number of carbonyl (C=O) groups is 8. The number of aryl methyl sites for hydroxylation is 1. The Morgan fingerprint density at radius 3 is 1.09 bits per heavy atom. The Morgan fingerprint density at radius 2 is 0.634 bits per heavy atom. The van der Waals surface area contributed by atoms with E-state index in [9.17, 15) is 48.6 Å². The van der Waals surface area contributed by atoms with Crippen molar-refractivity contribution in [3.05, 3.63) is 232 Å². The van der Waals surface area contributed by atoms with E-state index in [2.05, 4.69) is 0 Å². The summed E-state index contributed by atoms with van der Waals surface area (Å²) in [6, 6.07) is 46.6. The van der Waals surface area contributed by atoms with Crippen LogP contribution in [0.5, 0.6) is 57.5 Å². The number of hydrogen-bond donors (Lipinski definition) is 2. The van der Waals surface area contributed by atoms with Crippen molar-refractivity contribution in [1.82, 2.24) is 4.90 Å². The van der Waals surface area contributed by atoms with Gasteiger partial charge in [0, 0.05) is 25.2 Å². The molecule has 0 spiro atoms. The molecular formula is C64H38N4O14. The van der Waals surface area contributed by atoms with E-state index in [4.69, 9.17) is 18.9 Å². The van der Waals surface area contributed by atoms with E-state index in [1.54, 1.807) is 91.9 Å². The summed E-state index contributed by atoms with van der Waals surface area (Å²) in [5, 5.41) is 20.9. The lowest BCUT2D eigenvalue weighted by atomic mass is 10.0. The standard InChI is InChI=1S/C64H38N4O14/c1-33-24-34(12-22-55(33)69)35-13-23-56(70)54(25-35)68-61(75)49-21-17-45(32-53(49)64(68)78)82-44-16-20-48-52(31-44)63(77)67(60(48)74)37-7-4-9-39(27-37)80-41-11-5-10-40(28-41)79-38-8-3-6-36(26-38)66-59(73)47-19-15-43(30-51(47)62(66)76)81-42-14-18-46-50(29-42)58(72)65(2)57(46)71/h3-32,69-70H,1-2H3. The van der Waals surface area contributed by atoms with Crippen molar-refractivity contribution in [2.75, 3.05) is 21.7 Å². The number of aromatic hydroxyl groups is 2. The minimum absolute atomic E-state index is 0.0220. The summed E-state index contributed by atoms with van der Waals surface area (Å²) < 4.78 is 24.4. The molecule has 0 unspecified atom stereocenters. The number of carbonyl (C=O) groups excluding carboxylic acids is 8. The third kappa shape index (κ3) is 8.38. The van der Waals surface area contributed by atoms with Crippen molar-refractivity contribution in [3.63, 3.8) is 0 Å². The van der Waals surface area contributed by atoms with Crippen molar-refractivity contribution in [2.24, 2.45) is 0 Å². The fourth-order valence-electron chi connectivity index (χ4n) is 10.2. The molecular weight excluding hydrogens is 1050 g/mol. The number of fused-ring (bicyclic) bond motifs is 4. The molecule has 9 aromatic carbocycles. The third-order valence-electron chi connectivity index (χ3n) is 14.3. The maximum Gasteiger partial charge on any atom is 0.266 e. The van der Waals surface area contributed by atoms with Gasteiger partial charge in [0.05, 0.1) is 61.6 Å². The topological polar surface area (TPSA) is 227 Å². The van der Waals surface area contributed by atoms with Gasteiger partial charge in [-0.2, -0.15) is 0 Å². The van der Waals surface area contributed by atoms with E-state index >= 15 is 0 Å². The van der Waals surface area contributed by atoms with E-state index in [0.29, 0.717) is 33.9 Å². The van der Waals surface area contributed by atoms with Gasteiger partial charge in [0.15, 0.2) is 0 Å². The lowest BCUT2D eigenvalue weighted by molar-refractivity contribution is 0.0690. The van der Waals surface area contributed by atoms with Crippen molar-refractivity contribution < 1.29 is 67.5 Å². The molecule has 0 fully saturated rings. The molecule has 0 aliphatic carbocycles. The van der Waals surface area contributed by atoms with Gasteiger partial charge in [0.1, 0.15) is 57.5 Å². The average Bonchev–Trinajstić information content (AvgIpc) is 3.78. The van der Waals surface area contributed by atoms with E-state index in [-0.39, 0.29) is 102 Å². The first-order valence-corrected chi connectivity index (χ1v) is 25.3. The predicted octanol–water partition coefficient (Wildman–Crippen LogP) is 11.9. The van der Waals surface area contributed by atoms with E-state index in [1.165, 1.54) is 104 Å². The van der Waals surface area contributed by atoms with E-state index < -0.39 is 47.3 Å². The number of amides is 8. The van der Waals surface area contributed by atoms with Crippen LogP contribution >= 0.6 is 0 Å². The molecule has 0 bridgehead atoms. The first-order chi connectivity index (χ1) is 39.6. The van der Waals surface area contributed by atoms with Gasteiger partial charge in [-0.15, -0.1) is 0 Å². The largest absolute Gasteiger partial charge is 0.508 e. The van der Waals surface area contributed by atoms with Crippen LogP contribution in [0.2, 0.25) is 0 Å². The number of phenols is 2. The van der Waals surface area contributed by atoms with Crippen molar-refractivity contribution >= 4 is 64.3 Å². The highest BCUT2D eigenvalue weighted by atomic mass is 16.5. The molecule has 0 radical (unpaired) electrons. The molecule has 18 nitrogen and oxygen atoms in total. The summed E-state index contributed by atoms with van der Waals surface area (Å²) in [4.78, 5) is 112. The van der Waals surface area contributed by atoms with Crippen molar-refractivity contribution in [3.8, 4) is 68.6 Å². The first-order valence-electron chi connectivity index (χ1n) is 25.3. The van der Waals surface area contributed by atoms with Crippen LogP contribution in [0.25, 0.3) is 11.1 Å². The smallest absolute Gasteiger partial charge is 0.266 e. The second-order valence-corrected chi connectivity index (χ2v) is 19.4. The van der Waals surface area contributed by atoms with Gasteiger partial charge in [-0.1, -0.05) is 30.3 Å². The summed E-state index contributed by atoms with van der Waals surface area (Å²) in [7, 11) is 1.39. The summed E-state index contributed by atoms with van der Waals surface area (Å²) in [5.41, 5.74) is 3.34. The van der Waals surface area contributed by atoms with Gasteiger partial charge in [0.2, 0.25) is 0 Å². The molecule has 4 heterocycles. The summed E-state index contributed by atoms with van der Waals surface area (Å²) in [6.45, 7) is 1.74. The monoisotopic (exact) mass is 1090 g/mol. The molecule has 4 aliphatic heterocycles. The molecule has 8 amide bonds. The van der Waals surface area contributed by atoms with Crippen LogP contribution < -0.4 is 33.6 Å². The zero-order chi connectivity index (χ0) is 56.8. The van der Waals surface area contributed by atoms with E-state index in [0.717, 1.165) is 19.6 Å². The number of benzene rings is 9. The van der Waals surface area contributed by atoms with Gasteiger partial charge in [-0.25, -0.2) is 14.7 Å². The van der Waals surface area contributed by atoms with Gasteiger partial charge in [-0.05, 0) is 157 Å². The zero-order valence-electron chi connectivity index (χ0n) is 42.9. The molecule has 18 heteroatoms. The van der Waals surface area contributed by atoms with Crippen LogP contribution in [0.4, 0.5) is 17.1 Å². The van der Waals surface area contributed by atoms with Crippen LogP contribution in [0.1, 0.15) is 88.4 Å². The Labute approximate surface area is 464 Å². The van der Waals surface area contributed by atoms with Gasteiger partial charge >= 0.3 is 0 Å². The van der Waals surface area contributed by atoms with Crippen molar-refractivity contribution in [2.45, 2.75) is 6.92 Å². The summed E-state index contributed by atoms with van der Waals surface area (Å²) in [6.07, 6.45) is 0. The van der Waals surface area contributed by atoms with Crippen LogP contribution in [-0.2, 0) is 0 Å². The lowest BCUT2D eigenvalue weighted by Crippen LogP contribution is -2.29. The second kappa shape index (κ2) is 19.1. The Hall–Kier alpha value is -11.7. The molecule has 0 saturated carbocycles. The van der Waals surface area contributed by atoms with E-state index in [1.807, 2.05) is 0 Å². The number of ether oxygens (including phenoxy) is 4. The Bertz CT molecular complexity index is 4400. The molecule has 398 valence electrons. The maximum absolute atomic E-state index is 14.0. The van der Waals surface area contributed by atoms with Gasteiger partial charge in [0.25, 0.3) is 47.3 Å². The predicted molar refractivity (Wildman–Crippen MR) is 295 cm³/mol. The molecule has 4 aliphatic rings. The van der Waals surface area contributed by atoms with Crippen LogP contribution in [0.3, 0.4) is 0 Å². The average molecular weight is 1090 g/mol. The summed E-state index contributed by atoms with van der Waals surface area (Å²) >= 11 is 0. The zero-order valence-corrected chi connectivity index (χ0v) is 42.9. The Morgan fingerprint density at radius 1 is 0.305 bits per heavy atom. The Balaban J connectivity index is 0.665. The van der Waals surface area contributed by atoms with Crippen LogP contribution in [0.15, 0.2) is 182 Å². The number of rotatable bonds is 12. The molecule has 9 aromatic rings. The number of hydrogen-bond acceptors (Lipinski definition) is 14. The number of anilines is 3. The lowest BCUT2D eigenvalue weighted by Gasteiger charge is -2.17. The van der Waals surface area contributed by atoms with Crippen LogP contribution in [-0.4, -0.2) is 69.4 Å².